The number of hydrogen-bond donors (Lipinski definition) is 2. The molecule has 0 aliphatic carbocycles. The summed E-state index contributed by atoms with van der Waals surface area (Å²) in [4.78, 5) is 4.27. The SMILES string of the molecule is SCCNc1ccnc2cc(Cl)ccc12. The Morgan fingerprint density at radius 1 is 1.33 bits per heavy atom. The fourth-order valence-electron chi connectivity index (χ4n) is 1.47. The number of hydrogen-bond acceptors (Lipinski definition) is 3. The molecule has 0 radical (unpaired) electrons. The zero-order chi connectivity index (χ0) is 10.7. The van der Waals surface area contributed by atoms with Gasteiger partial charge in [-0.1, -0.05) is 11.6 Å². The first kappa shape index (κ1) is 10.6. The van der Waals surface area contributed by atoms with Crippen LogP contribution in [-0.4, -0.2) is 17.3 Å². The normalized spacial score (nSPS) is 10.5. The number of thiol groups is 1. The third-order valence-corrected chi connectivity index (χ3v) is 2.59. The molecule has 2 rings (SSSR count). The van der Waals surface area contributed by atoms with E-state index in [4.69, 9.17) is 11.6 Å². The summed E-state index contributed by atoms with van der Waals surface area (Å²) in [7, 11) is 0. The molecule has 0 aliphatic rings. The smallest absolute Gasteiger partial charge is 0.0737 e. The van der Waals surface area contributed by atoms with Gasteiger partial charge in [-0.15, -0.1) is 0 Å². The summed E-state index contributed by atoms with van der Waals surface area (Å²) >= 11 is 10.1. The molecule has 1 aromatic carbocycles. The van der Waals surface area contributed by atoms with Crippen molar-refractivity contribution < 1.29 is 0 Å². The van der Waals surface area contributed by atoms with E-state index in [-0.39, 0.29) is 0 Å². The van der Waals surface area contributed by atoms with E-state index in [1.54, 1.807) is 6.20 Å². The third kappa shape index (κ3) is 2.36. The van der Waals surface area contributed by atoms with Gasteiger partial charge in [0.25, 0.3) is 0 Å². The summed E-state index contributed by atoms with van der Waals surface area (Å²) in [5, 5.41) is 5.09. The molecule has 0 aliphatic heterocycles. The van der Waals surface area contributed by atoms with Crippen molar-refractivity contribution in [3.8, 4) is 0 Å². The predicted octanol–water partition coefficient (Wildman–Crippen LogP) is 3.23. The van der Waals surface area contributed by atoms with E-state index in [0.29, 0.717) is 5.02 Å². The van der Waals surface area contributed by atoms with Crippen molar-refractivity contribution in [2.24, 2.45) is 0 Å². The molecule has 0 fully saturated rings. The lowest BCUT2D eigenvalue weighted by Gasteiger charge is -2.07. The Morgan fingerprint density at radius 2 is 2.20 bits per heavy atom. The largest absolute Gasteiger partial charge is 0.384 e. The summed E-state index contributed by atoms with van der Waals surface area (Å²) in [6.07, 6.45) is 1.78. The molecular weight excluding hydrogens is 228 g/mol. The predicted molar refractivity (Wildman–Crippen MR) is 69.1 cm³/mol. The first-order valence-corrected chi connectivity index (χ1v) is 5.71. The van der Waals surface area contributed by atoms with Crippen LogP contribution in [0.5, 0.6) is 0 Å². The average Bonchev–Trinajstić information content (AvgIpc) is 2.25. The monoisotopic (exact) mass is 238 g/mol. The number of nitrogens with zero attached hydrogens (tertiary/aromatic N) is 1. The maximum absolute atomic E-state index is 5.90. The molecule has 15 heavy (non-hydrogen) atoms. The Hall–Kier alpha value is -0.930. The second-order valence-corrected chi connectivity index (χ2v) is 4.05. The number of pyridine rings is 1. The van der Waals surface area contributed by atoms with Crippen LogP contribution in [-0.2, 0) is 0 Å². The first-order valence-electron chi connectivity index (χ1n) is 4.70. The highest BCUT2D eigenvalue weighted by Crippen LogP contribution is 2.23. The van der Waals surface area contributed by atoms with Crippen LogP contribution in [0.1, 0.15) is 0 Å². The van der Waals surface area contributed by atoms with Gasteiger partial charge in [-0.2, -0.15) is 12.6 Å². The van der Waals surface area contributed by atoms with E-state index >= 15 is 0 Å². The summed E-state index contributed by atoms with van der Waals surface area (Å²) in [6, 6.07) is 7.67. The minimum absolute atomic E-state index is 0.710. The van der Waals surface area contributed by atoms with E-state index in [9.17, 15) is 0 Å². The molecule has 2 nitrogen and oxygen atoms in total. The van der Waals surface area contributed by atoms with Gasteiger partial charge in [0.15, 0.2) is 0 Å². The average molecular weight is 239 g/mol. The number of fused-ring (bicyclic) bond motifs is 1. The Balaban J connectivity index is 2.46. The van der Waals surface area contributed by atoms with Crippen molar-refractivity contribution in [3.63, 3.8) is 0 Å². The molecule has 0 atom stereocenters. The molecule has 78 valence electrons. The van der Waals surface area contributed by atoms with Gasteiger partial charge in [-0.05, 0) is 24.3 Å². The Kier molecular flexibility index (Phi) is 3.34. The van der Waals surface area contributed by atoms with Gasteiger partial charge >= 0.3 is 0 Å². The third-order valence-electron chi connectivity index (χ3n) is 2.13. The number of halogens is 1. The molecule has 1 aromatic heterocycles. The summed E-state index contributed by atoms with van der Waals surface area (Å²) in [6.45, 7) is 0.838. The quantitative estimate of drug-likeness (QED) is 0.803. The Labute approximate surface area is 99.1 Å². The van der Waals surface area contributed by atoms with Crippen LogP contribution in [0.2, 0.25) is 5.02 Å². The summed E-state index contributed by atoms with van der Waals surface area (Å²) in [5.74, 6) is 0.803. The van der Waals surface area contributed by atoms with E-state index in [1.165, 1.54) is 0 Å². The lowest BCUT2D eigenvalue weighted by molar-refractivity contribution is 1.23. The molecule has 2 aromatic rings. The fraction of sp³-hybridized carbons (Fsp3) is 0.182. The Bertz CT molecular complexity index is 473. The molecule has 0 bridgehead atoms. The van der Waals surface area contributed by atoms with E-state index in [2.05, 4.69) is 22.9 Å². The van der Waals surface area contributed by atoms with Gasteiger partial charge < -0.3 is 5.32 Å². The topological polar surface area (TPSA) is 24.9 Å². The molecule has 0 unspecified atom stereocenters. The van der Waals surface area contributed by atoms with E-state index in [1.807, 2.05) is 24.3 Å². The number of rotatable bonds is 3. The fourth-order valence-corrected chi connectivity index (χ4v) is 1.74. The molecule has 0 spiro atoms. The second-order valence-electron chi connectivity index (χ2n) is 3.17. The molecule has 0 saturated heterocycles. The second kappa shape index (κ2) is 4.73. The Morgan fingerprint density at radius 3 is 3.00 bits per heavy atom. The highest BCUT2D eigenvalue weighted by Gasteiger charge is 2.01. The minimum Gasteiger partial charge on any atom is -0.384 e. The van der Waals surface area contributed by atoms with Crippen LogP contribution in [0.4, 0.5) is 5.69 Å². The van der Waals surface area contributed by atoms with Crippen molar-refractivity contribution in [1.29, 1.82) is 0 Å². The van der Waals surface area contributed by atoms with Gasteiger partial charge in [0.1, 0.15) is 0 Å². The zero-order valence-corrected chi connectivity index (χ0v) is 9.72. The van der Waals surface area contributed by atoms with Gasteiger partial charge in [-0.3, -0.25) is 4.98 Å². The number of nitrogens with one attached hydrogen (secondary N) is 1. The van der Waals surface area contributed by atoms with Crippen molar-refractivity contribution in [2.75, 3.05) is 17.6 Å². The summed E-state index contributed by atoms with van der Waals surface area (Å²) < 4.78 is 0. The number of anilines is 1. The van der Waals surface area contributed by atoms with Gasteiger partial charge in [0.2, 0.25) is 0 Å². The zero-order valence-electron chi connectivity index (χ0n) is 8.07. The van der Waals surface area contributed by atoms with Crippen LogP contribution in [0.3, 0.4) is 0 Å². The van der Waals surface area contributed by atoms with Gasteiger partial charge in [-0.25, -0.2) is 0 Å². The van der Waals surface area contributed by atoms with Crippen molar-refractivity contribution in [1.82, 2.24) is 4.98 Å². The van der Waals surface area contributed by atoms with E-state index < -0.39 is 0 Å². The van der Waals surface area contributed by atoms with Crippen LogP contribution < -0.4 is 5.32 Å². The van der Waals surface area contributed by atoms with Crippen LogP contribution in [0.25, 0.3) is 10.9 Å². The van der Waals surface area contributed by atoms with E-state index in [0.717, 1.165) is 28.9 Å². The van der Waals surface area contributed by atoms with Gasteiger partial charge in [0.05, 0.1) is 5.52 Å². The standard InChI is InChI=1S/C11H11ClN2S/c12-8-1-2-9-10(14-5-6-15)3-4-13-11(9)7-8/h1-4,7,15H,5-6H2,(H,13,14). The van der Waals surface area contributed by atoms with Crippen LogP contribution >= 0.6 is 24.2 Å². The molecule has 0 saturated carbocycles. The summed E-state index contributed by atoms with van der Waals surface area (Å²) in [5.41, 5.74) is 1.98. The number of benzene rings is 1. The first-order chi connectivity index (χ1) is 7.31. The molecule has 0 amide bonds. The van der Waals surface area contributed by atoms with Crippen LogP contribution in [0.15, 0.2) is 30.5 Å². The highest BCUT2D eigenvalue weighted by molar-refractivity contribution is 7.80. The van der Waals surface area contributed by atoms with Crippen molar-refractivity contribution >= 4 is 40.8 Å². The van der Waals surface area contributed by atoms with Crippen molar-refractivity contribution in [3.05, 3.63) is 35.5 Å². The van der Waals surface area contributed by atoms with Gasteiger partial charge in [0, 0.05) is 34.6 Å². The lowest BCUT2D eigenvalue weighted by Crippen LogP contribution is -2.03. The maximum atomic E-state index is 5.90. The molecular formula is C11H11ClN2S. The van der Waals surface area contributed by atoms with Crippen LogP contribution in [0, 0.1) is 0 Å². The highest BCUT2D eigenvalue weighted by atomic mass is 35.5. The number of aromatic nitrogens is 1. The maximum Gasteiger partial charge on any atom is 0.0737 e. The minimum atomic E-state index is 0.710. The molecule has 1 heterocycles. The molecule has 4 heteroatoms. The lowest BCUT2D eigenvalue weighted by atomic mass is 10.2. The van der Waals surface area contributed by atoms with Crippen molar-refractivity contribution in [2.45, 2.75) is 0 Å². The molecule has 1 N–H and O–H groups in total.